The van der Waals surface area contributed by atoms with Crippen LogP contribution in [0.15, 0.2) is 29.0 Å². The van der Waals surface area contributed by atoms with E-state index >= 15 is 0 Å². The summed E-state index contributed by atoms with van der Waals surface area (Å²) in [6.45, 7) is 2.76. The summed E-state index contributed by atoms with van der Waals surface area (Å²) in [4.78, 5) is 1.33. The number of aryl methyl sites for hydroxylation is 1. The van der Waals surface area contributed by atoms with Crippen LogP contribution in [0.3, 0.4) is 0 Å². The van der Waals surface area contributed by atoms with Gasteiger partial charge in [0.2, 0.25) is 0 Å². The normalized spacial score (nSPS) is 15.9. The highest BCUT2D eigenvalue weighted by atomic mass is 32.1. The first-order valence-corrected chi connectivity index (χ1v) is 8.79. The van der Waals surface area contributed by atoms with Crippen molar-refractivity contribution in [3.8, 4) is 0 Å². The zero-order valence-electron chi connectivity index (χ0n) is 13.1. The second-order valence-corrected chi connectivity index (χ2v) is 7.33. The number of aromatic nitrogens is 2. The van der Waals surface area contributed by atoms with E-state index in [1.54, 1.807) is 23.8 Å². The van der Waals surface area contributed by atoms with E-state index in [0.29, 0.717) is 12.5 Å². The lowest BCUT2D eigenvalue weighted by Gasteiger charge is -2.08. The summed E-state index contributed by atoms with van der Waals surface area (Å²) in [5.74, 6) is 1.61. The Kier molecular flexibility index (Phi) is 3.79. The van der Waals surface area contributed by atoms with Gasteiger partial charge in [0.05, 0.1) is 29.4 Å². The van der Waals surface area contributed by atoms with E-state index in [2.05, 4.69) is 22.4 Å². The third-order valence-corrected chi connectivity index (χ3v) is 5.82. The molecule has 3 heterocycles. The van der Waals surface area contributed by atoms with Gasteiger partial charge in [0.1, 0.15) is 11.3 Å². The lowest BCUT2D eigenvalue weighted by Crippen LogP contribution is -2.24. The number of rotatable bonds is 6. The fourth-order valence-electron chi connectivity index (χ4n) is 2.88. The molecule has 0 spiro atoms. The van der Waals surface area contributed by atoms with Gasteiger partial charge in [0, 0.05) is 10.9 Å². The van der Waals surface area contributed by atoms with Crippen molar-refractivity contribution in [2.45, 2.75) is 38.8 Å². The minimum atomic E-state index is 0.272. The van der Waals surface area contributed by atoms with Crippen LogP contribution in [0.1, 0.15) is 29.0 Å². The summed E-state index contributed by atoms with van der Waals surface area (Å²) >= 11 is 1.79. The molecule has 1 aliphatic rings. The molecular formula is C17H20N4OS. The average molecular weight is 328 g/mol. The van der Waals surface area contributed by atoms with Crippen molar-refractivity contribution in [3.05, 3.63) is 40.8 Å². The molecule has 3 aromatic rings. The van der Waals surface area contributed by atoms with E-state index in [1.165, 1.54) is 23.3 Å². The van der Waals surface area contributed by atoms with Gasteiger partial charge in [-0.1, -0.05) is 0 Å². The Morgan fingerprint density at radius 3 is 3.09 bits per heavy atom. The zero-order valence-corrected chi connectivity index (χ0v) is 13.9. The van der Waals surface area contributed by atoms with Gasteiger partial charge in [-0.2, -0.15) is 5.10 Å². The molecule has 0 radical (unpaired) electrons. The van der Waals surface area contributed by atoms with Crippen LogP contribution >= 0.6 is 11.3 Å². The molecule has 0 saturated heterocycles. The smallest absolute Gasteiger partial charge is 0.122 e. The first-order chi connectivity index (χ1) is 11.2. The molecule has 1 fully saturated rings. The summed E-state index contributed by atoms with van der Waals surface area (Å²) in [5.41, 5.74) is 9.51. The SMILES string of the molecule is Cc1c(C[C@@H](N)C2CC2)sc2c(NCc3ccco3)cnnc12. The van der Waals surface area contributed by atoms with Crippen LogP contribution in [0.2, 0.25) is 0 Å². The molecule has 1 atom stereocenters. The Hall–Kier alpha value is -1.92. The zero-order chi connectivity index (χ0) is 15.8. The van der Waals surface area contributed by atoms with Crippen molar-refractivity contribution in [3.63, 3.8) is 0 Å². The lowest BCUT2D eigenvalue weighted by molar-refractivity contribution is 0.518. The average Bonchev–Trinajstić information content (AvgIpc) is 3.20. The van der Waals surface area contributed by atoms with Crippen molar-refractivity contribution in [1.29, 1.82) is 0 Å². The third kappa shape index (κ3) is 2.96. The summed E-state index contributed by atoms with van der Waals surface area (Å²) in [5, 5.41) is 11.9. The van der Waals surface area contributed by atoms with E-state index in [1.807, 2.05) is 12.1 Å². The second-order valence-electron chi connectivity index (χ2n) is 6.22. The van der Waals surface area contributed by atoms with Gasteiger partial charge in [0.25, 0.3) is 0 Å². The quantitative estimate of drug-likeness (QED) is 0.724. The van der Waals surface area contributed by atoms with Gasteiger partial charge >= 0.3 is 0 Å². The van der Waals surface area contributed by atoms with E-state index in [0.717, 1.165) is 28.1 Å². The topological polar surface area (TPSA) is 77.0 Å². The Morgan fingerprint density at radius 2 is 2.35 bits per heavy atom. The minimum absolute atomic E-state index is 0.272. The first kappa shape index (κ1) is 14.7. The molecule has 0 aliphatic heterocycles. The minimum Gasteiger partial charge on any atom is -0.467 e. The molecule has 1 aliphatic carbocycles. The van der Waals surface area contributed by atoms with Gasteiger partial charge in [-0.3, -0.25) is 0 Å². The Morgan fingerprint density at radius 1 is 1.48 bits per heavy atom. The summed E-state index contributed by atoms with van der Waals surface area (Å²) in [6.07, 6.45) is 6.97. The number of nitrogens with two attached hydrogens (primary N) is 1. The Labute approximate surface area is 138 Å². The maximum atomic E-state index is 6.31. The van der Waals surface area contributed by atoms with Gasteiger partial charge in [-0.05, 0) is 49.8 Å². The number of fused-ring (bicyclic) bond motifs is 1. The van der Waals surface area contributed by atoms with E-state index < -0.39 is 0 Å². The molecule has 0 bridgehead atoms. The van der Waals surface area contributed by atoms with Crippen LogP contribution < -0.4 is 11.1 Å². The standard InChI is InChI=1S/C17H20N4OS/c1-10-15(7-13(18)11-4-5-11)23-17-14(9-20-21-16(10)17)19-8-12-3-2-6-22-12/h2-3,6,9,11,13H,4-5,7-8,18H2,1H3,(H,19,21)/t13-/m1/s1. The molecule has 6 heteroatoms. The summed E-state index contributed by atoms with van der Waals surface area (Å²) < 4.78 is 6.53. The molecule has 1 saturated carbocycles. The Bertz CT molecular complexity index is 807. The van der Waals surface area contributed by atoms with Crippen molar-refractivity contribution in [1.82, 2.24) is 10.2 Å². The highest BCUT2D eigenvalue weighted by Crippen LogP contribution is 2.38. The fourth-order valence-corrected chi connectivity index (χ4v) is 4.18. The maximum Gasteiger partial charge on any atom is 0.122 e. The number of hydrogen-bond donors (Lipinski definition) is 2. The molecule has 3 aromatic heterocycles. The van der Waals surface area contributed by atoms with E-state index in [9.17, 15) is 0 Å². The molecule has 3 N–H and O–H groups in total. The molecule has 0 amide bonds. The fraction of sp³-hybridized carbons (Fsp3) is 0.412. The van der Waals surface area contributed by atoms with Crippen LogP contribution in [0.25, 0.3) is 10.2 Å². The number of hydrogen-bond acceptors (Lipinski definition) is 6. The van der Waals surface area contributed by atoms with Crippen molar-refractivity contribution in [2.75, 3.05) is 5.32 Å². The van der Waals surface area contributed by atoms with Crippen LogP contribution in [-0.2, 0) is 13.0 Å². The number of thiophene rings is 1. The van der Waals surface area contributed by atoms with Crippen LogP contribution in [0.4, 0.5) is 5.69 Å². The van der Waals surface area contributed by atoms with E-state index in [4.69, 9.17) is 10.2 Å². The molecular weight excluding hydrogens is 308 g/mol. The number of furan rings is 1. The maximum absolute atomic E-state index is 6.31. The van der Waals surface area contributed by atoms with Gasteiger partial charge in [0.15, 0.2) is 0 Å². The molecule has 23 heavy (non-hydrogen) atoms. The summed E-state index contributed by atoms with van der Waals surface area (Å²) in [7, 11) is 0. The monoisotopic (exact) mass is 328 g/mol. The van der Waals surface area contributed by atoms with Crippen molar-refractivity contribution >= 4 is 27.2 Å². The summed E-state index contributed by atoms with van der Waals surface area (Å²) in [6, 6.07) is 4.12. The van der Waals surface area contributed by atoms with Crippen LogP contribution in [-0.4, -0.2) is 16.2 Å². The predicted molar refractivity (Wildman–Crippen MR) is 92.6 cm³/mol. The highest BCUT2D eigenvalue weighted by molar-refractivity contribution is 7.19. The van der Waals surface area contributed by atoms with Crippen LogP contribution in [0.5, 0.6) is 0 Å². The number of anilines is 1. The van der Waals surface area contributed by atoms with Crippen molar-refractivity contribution in [2.24, 2.45) is 11.7 Å². The molecule has 4 rings (SSSR count). The third-order valence-electron chi connectivity index (χ3n) is 4.48. The number of nitrogens with zero attached hydrogens (tertiary/aromatic N) is 2. The van der Waals surface area contributed by atoms with Crippen molar-refractivity contribution < 1.29 is 4.42 Å². The number of nitrogens with one attached hydrogen (secondary N) is 1. The largest absolute Gasteiger partial charge is 0.467 e. The second kappa shape index (κ2) is 5.94. The molecule has 120 valence electrons. The predicted octanol–water partition coefficient (Wildman–Crippen LogP) is 3.48. The van der Waals surface area contributed by atoms with Gasteiger partial charge < -0.3 is 15.5 Å². The Balaban J connectivity index is 1.60. The molecule has 0 aromatic carbocycles. The van der Waals surface area contributed by atoms with Gasteiger partial charge in [-0.15, -0.1) is 16.4 Å². The molecule has 0 unspecified atom stereocenters. The first-order valence-electron chi connectivity index (χ1n) is 7.98. The van der Waals surface area contributed by atoms with E-state index in [-0.39, 0.29) is 6.04 Å². The molecule has 5 nitrogen and oxygen atoms in total. The lowest BCUT2D eigenvalue weighted by atomic mass is 10.1. The van der Waals surface area contributed by atoms with Gasteiger partial charge in [-0.25, -0.2) is 0 Å². The van der Waals surface area contributed by atoms with Crippen LogP contribution in [0, 0.1) is 12.8 Å². The highest BCUT2D eigenvalue weighted by Gasteiger charge is 2.29.